The molecule has 9 heterocycles. The minimum Gasteiger partial charge on any atom is -0.385 e. The van der Waals surface area contributed by atoms with Gasteiger partial charge in [-0.1, -0.05) is 117 Å². The Bertz CT molecular complexity index is 2280. The van der Waals surface area contributed by atoms with Gasteiger partial charge >= 0.3 is 0 Å². The van der Waals surface area contributed by atoms with Crippen LogP contribution in [0.25, 0.3) is 0 Å². The van der Waals surface area contributed by atoms with E-state index >= 15 is 0 Å². The van der Waals surface area contributed by atoms with E-state index in [0.717, 1.165) is 243 Å². The van der Waals surface area contributed by atoms with E-state index in [0.29, 0.717) is 0 Å². The summed E-state index contributed by atoms with van der Waals surface area (Å²) < 4.78 is 44.9. The normalized spacial score (nSPS) is 16.8. The molecular weight excluding hydrogens is 1890 g/mol. The van der Waals surface area contributed by atoms with Crippen molar-refractivity contribution in [2.75, 3.05) is 562 Å². The summed E-state index contributed by atoms with van der Waals surface area (Å²) in [5, 5.41) is 9.24. The van der Waals surface area contributed by atoms with Crippen LogP contribution in [-0.2, 0) is 47.4 Å². The van der Waals surface area contributed by atoms with Crippen LogP contribution in [0.1, 0.15) is 207 Å². The van der Waals surface area contributed by atoms with Crippen molar-refractivity contribution >= 4 is 5.91 Å². The number of nitrogens with two attached hydrogens (primary N) is 1. The second-order valence-electron chi connectivity index (χ2n) is 40.5. The molecule has 918 valence electrons. The number of rotatable bonds is 46. The van der Waals surface area contributed by atoms with Crippen LogP contribution in [0, 0.1) is 0 Å². The molecular formula is C116H274N24O10. The summed E-state index contributed by atoms with van der Waals surface area (Å²) >= 11 is 0. The number of amides is 1. The van der Waals surface area contributed by atoms with Crippen molar-refractivity contribution in [2.45, 2.75) is 207 Å². The highest BCUT2D eigenvalue weighted by atomic mass is 16.5. The molecule has 34 nitrogen and oxygen atoms in total. The molecule has 9 aliphatic rings. The summed E-state index contributed by atoms with van der Waals surface area (Å²) in [6, 6.07) is 0. The summed E-state index contributed by atoms with van der Waals surface area (Å²) in [4.78, 5) is 57.3. The smallest absolute Gasteiger partial charge is 0.219 e. The zero-order chi connectivity index (χ0) is 115. The lowest BCUT2D eigenvalue weighted by Crippen LogP contribution is -2.47. The van der Waals surface area contributed by atoms with Crippen molar-refractivity contribution in [2.24, 2.45) is 5.73 Å². The highest BCUT2D eigenvalue weighted by molar-refractivity contribution is 5.73. The van der Waals surface area contributed by atoms with E-state index in [2.05, 4.69) is 298 Å². The lowest BCUT2D eigenvalue weighted by molar-refractivity contribution is -0.130. The van der Waals surface area contributed by atoms with Gasteiger partial charge in [0, 0.05) is 234 Å². The van der Waals surface area contributed by atoms with Gasteiger partial charge in [0.2, 0.25) is 5.91 Å². The molecule has 0 spiro atoms. The second kappa shape index (κ2) is 141. The predicted molar refractivity (Wildman–Crippen MR) is 658 cm³/mol. The third-order valence-electron chi connectivity index (χ3n) is 25.8. The van der Waals surface area contributed by atoms with Gasteiger partial charge in [-0.25, -0.2) is 0 Å². The Kier molecular flexibility index (Phi) is 158. The summed E-state index contributed by atoms with van der Waals surface area (Å²) in [6.07, 6.45) is 20.1. The first kappa shape index (κ1) is 168. The summed E-state index contributed by atoms with van der Waals surface area (Å²) in [7, 11) is 45.6. The number of likely N-dealkylation sites (tertiary alicyclic amines) is 4. The van der Waals surface area contributed by atoms with Crippen LogP contribution in [0.3, 0.4) is 0 Å². The number of piperazine rings is 3. The van der Waals surface area contributed by atoms with Gasteiger partial charge in [-0.15, -0.1) is 0 Å². The molecule has 9 aliphatic heterocycles. The Morgan fingerprint density at radius 1 is 0.280 bits per heavy atom. The van der Waals surface area contributed by atoms with Crippen LogP contribution >= 0.6 is 0 Å². The highest BCUT2D eigenvalue weighted by Gasteiger charge is 2.19. The summed E-state index contributed by atoms with van der Waals surface area (Å²) in [5.41, 5.74) is 4.85. The highest BCUT2D eigenvalue weighted by Crippen LogP contribution is 2.11. The monoisotopic (exact) mass is 2160 g/mol. The molecule has 1 amide bonds. The largest absolute Gasteiger partial charge is 0.385 e. The zero-order valence-corrected chi connectivity index (χ0v) is 108. The van der Waals surface area contributed by atoms with Crippen LogP contribution in [-0.4, -0.2) is 666 Å². The number of piperidine rings is 2. The minimum atomic E-state index is 0.209. The van der Waals surface area contributed by atoms with E-state index in [1.165, 1.54) is 254 Å². The fraction of sp³-hybridized carbons (Fsp3) is 0.991. The quantitative estimate of drug-likeness (QED) is 0.0416. The predicted octanol–water partition coefficient (Wildman–Crippen LogP) is 11.0. The molecule has 0 saturated carbocycles. The molecule has 0 radical (unpaired) electrons. The molecule has 150 heavy (non-hydrogen) atoms. The summed E-state index contributed by atoms with van der Waals surface area (Å²) in [6.45, 7) is 101. The maximum absolute atomic E-state index is 10.9. The summed E-state index contributed by atoms with van der Waals surface area (Å²) in [5.74, 6) is 0.209. The molecule has 9 fully saturated rings. The van der Waals surface area contributed by atoms with Gasteiger partial charge in [0.15, 0.2) is 0 Å². The van der Waals surface area contributed by atoms with Gasteiger partial charge < -0.3 is 153 Å². The van der Waals surface area contributed by atoms with E-state index in [9.17, 15) is 4.79 Å². The Hall–Kier alpha value is -1.81. The molecule has 0 atom stereocenters. The first-order chi connectivity index (χ1) is 72.1. The van der Waals surface area contributed by atoms with Crippen LogP contribution in [0.4, 0.5) is 0 Å². The molecule has 34 heteroatoms. The van der Waals surface area contributed by atoms with Gasteiger partial charge in [-0.05, 0) is 366 Å². The molecule has 0 aliphatic carbocycles. The Morgan fingerprint density at radius 2 is 0.547 bits per heavy atom. The number of nitrogens with one attached hydrogen (secondary N) is 3. The van der Waals surface area contributed by atoms with Crippen molar-refractivity contribution < 1.29 is 47.4 Å². The van der Waals surface area contributed by atoms with Crippen molar-refractivity contribution in [3.63, 3.8) is 0 Å². The van der Waals surface area contributed by atoms with Crippen molar-refractivity contribution in [1.29, 1.82) is 0 Å². The van der Waals surface area contributed by atoms with E-state index in [1.54, 1.807) is 56.7 Å². The Balaban J connectivity index is -0.000000174. The van der Waals surface area contributed by atoms with Crippen LogP contribution in [0.2, 0.25) is 0 Å². The maximum atomic E-state index is 10.9. The lowest BCUT2D eigenvalue weighted by atomic mass is 10.1. The SMILES string of the molecule is CCCNCC.CCN.CCN(C)C.CCN(C)CCCN(C)C.CCN(C)CCN(C)C.CCN(C)CCOC.CCN1CCCC1.CCN1CCCCC1.CCN1CCN(C(C)=O)CC1.CCN1CCN(C)CC1.CCN1CCOCC1.CCNC.CCNCC.COCCCN(C)C.COCCCN1CCCCC1.COCCCN1CCN(C)CC1.COCCN(C)C.COCCN1CCCC1.COCCN1CCOCC1. The number of hydrogen-bond donors (Lipinski definition) is 4. The number of nitrogens with zero attached hydrogens (tertiary/aromatic N) is 20. The number of carbonyl (C=O) groups is 1. The van der Waals surface area contributed by atoms with Gasteiger partial charge in [0.1, 0.15) is 0 Å². The van der Waals surface area contributed by atoms with Crippen LogP contribution < -0.4 is 21.7 Å². The lowest BCUT2D eigenvalue weighted by Gasteiger charge is -2.33. The average molecular weight is 2170 g/mol. The van der Waals surface area contributed by atoms with E-state index in [1.807, 2.05) is 33.0 Å². The molecule has 0 unspecified atom stereocenters. The number of carbonyl (C=O) groups excluding carboxylic acids is 1. The standard InChI is InChI=1S/C9H20N2O.C9H19NO.C8H16N2O.C8H20N2.C7H16N2.C7H18N2.C7H15NO2.C7H15NO.C7H15N.C6H13NO.2C6H15NO.C6H13N.C5H13NO.C5H13N.2C4H11N.C3H9N.C2H7N/c1-10-5-7-11(8-6-10)4-3-9-12-2;1-11-9-5-8-10-6-3-2-4-7-10;1-3-9-4-6-10(7-5-9)8(2)11;1-5-10(4)8-6-7-9(2)3;1-3-9-6-4-8(2)5-7-9;1-5-9(4)7-6-8(2)3;1-9-5-2-8-3-6-10-7-4-8;1-9-7-6-8-4-2-3-5-8;1-2-8-6-4-3-5-7-8;1-2-7-3-5-8-6-4-7;1-7(2)5-4-6-8-3;1-4-7(2)5-6-8-3;1-2-7-5-3-4-6-7;1-6(2)4-5-7-3;1-3-5-6-4-2;1-4-5(2)3;1-3-5-4-2;1-3-4-2;1-2-3/h3-9H2,1-2H3;2-9H2,1H3;3-7H2,1-2H3;5-8H2,1-4H3;3-7H2,1-2H3;5-7H2,1-4H3;2-7H2,1H3;2-7H2,1H3;2-7H2,1H3;2-6H2,1H3;2*4-6H2,1-3H3;2-6H2,1H3;4-5H2,1-3H3;6H,3-5H2,1-2H3;4H2,1-3H3;5H,3-4H2,1-2H3;4H,3H2,1-2H3;2-3H2,1H3. The number of ether oxygens (including phenoxy) is 9. The van der Waals surface area contributed by atoms with Crippen molar-refractivity contribution in [3.05, 3.63) is 0 Å². The Morgan fingerprint density at radius 3 is 0.820 bits per heavy atom. The molecule has 0 aromatic rings. The van der Waals surface area contributed by atoms with Gasteiger partial charge in [0.05, 0.1) is 52.9 Å². The molecule has 9 saturated heterocycles. The van der Waals surface area contributed by atoms with Gasteiger partial charge in [0.25, 0.3) is 0 Å². The number of morpholine rings is 2. The van der Waals surface area contributed by atoms with E-state index in [4.69, 9.17) is 48.4 Å². The first-order valence-corrected chi connectivity index (χ1v) is 59.9. The van der Waals surface area contributed by atoms with Gasteiger partial charge in [-0.2, -0.15) is 0 Å². The third kappa shape index (κ3) is 148. The maximum Gasteiger partial charge on any atom is 0.219 e. The van der Waals surface area contributed by atoms with Crippen molar-refractivity contribution in [3.8, 4) is 0 Å². The Labute approximate surface area is 937 Å². The fourth-order valence-electron chi connectivity index (χ4n) is 14.4. The molecule has 9 rings (SSSR count). The van der Waals surface area contributed by atoms with Crippen molar-refractivity contribution in [1.82, 2.24) is 114 Å². The topological polar surface area (TPSA) is 227 Å². The molecule has 0 bridgehead atoms. The first-order valence-electron chi connectivity index (χ1n) is 59.9. The zero-order valence-electron chi connectivity index (χ0n) is 108. The number of likely N-dealkylation sites (N-methyl/N-ethyl adjacent to an activating group) is 9. The molecule has 0 aromatic carbocycles. The molecule has 0 aromatic heterocycles. The number of hydrogen-bond acceptors (Lipinski definition) is 33. The average Bonchev–Trinajstić information content (AvgIpc) is 1.01. The third-order valence-corrected chi connectivity index (χ3v) is 25.8. The molecule has 5 N–H and O–H groups in total. The van der Waals surface area contributed by atoms with Crippen LogP contribution in [0.15, 0.2) is 0 Å². The minimum absolute atomic E-state index is 0.209. The second-order valence-corrected chi connectivity index (χ2v) is 40.5. The van der Waals surface area contributed by atoms with Crippen LogP contribution in [0.5, 0.6) is 0 Å². The van der Waals surface area contributed by atoms with E-state index < -0.39 is 0 Å². The fourth-order valence-corrected chi connectivity index (χ4v) is 14.4. The number of methoxy groups -OCH3 is 7. The van der Waals surface area contributed by atoms with E-state index in [-0.39, 0.29) is 5.91 Å². The van der Waals surface area contributed by atoms with Gasteiger partial charge in [-0.3, -0.25) is 14.6 Å².